The van der Waals surface area contributed by atoms with E-state index < -0.39 is 5.25 Å². The minimum Gasteiger partial charge on any atom is -0.302 e. The second-order valence-electron chi connectivity index (χ2n) is 5.60. The molecule has 0 saturated heterocycles. The lowest BCUT2D eigenvalue weighted by molar-refractivity contribution is -0.121. The molecule has 0 bridgehead atoms. The van der Waals surface area contributed by atoms with Crippen molar-refractivity contribution in [3.05, 3.63) is 53.4 Å². The number of thiophene rings is 1. The van der Waals surface area contributed by atoms with Crippen LogP contribution in [0.3, 0.4) is 0 Å². The highest BCUT2D eigenvalue weighted by Crippen LogP contribution is 2.28. The van der Waals surface area contributed by atoms with E-state index in [0.717, 1.165) is 10.7 Å². The summed E-state index contributed by atoms with van der Waals surface area (Å²) in [5.74, 6) is 0.116. The molecule has 0 fully saturated rings. The molecule has 1 aromatic carbocycles. The van der Waals surface area contributed by atoms with Crippen molar-refractivity contribution in [2.45, 2.75) is 30.8 Å². The Kier molecular flexibility index (Phi) is 6.25. The fourth-order valence-electron chi connectivity index (χ4n) is 2.34. The first-order valence-electron chi connectivity index (χ1n) is 8.39. The van der Waals surface area contributed by atoms with Gasteiger partial charge in [-0.05, 0) is 37.4 Å². The van der Waals surface area contributed by atoms with E-state index in [0.29, 0.717) is 17.3 Å². The summed E-state index contributed by atoms with van der Waals surface area (Å²) in [7, 11) is 0. The Balaban J connectivity index is 1.61. The summed E-state index contributed by atoms with van der Waals surface area (Å²) in [6, 6.07) is 12.7. The van der Waals surface area contributed by atoms with Gasteiger partial charge in [-0.1, -0.05) is 36.0 Å². The molecule has 9 heteroatoms. The number of nitrogens with zero attached hydrogens (tertiary/aromatic N) is 3. The third kappa shape index (κ3) is 4.55. The van der Waals surface area contributed by atoms with Crippen LogP contribution in [0.4, 0.5) is 0 Å². The highest BCUT2D eigenvalue weighted by molar-refractivity contribution is 8.00. The summed E-state index contributed by atoms with van der Waals surface area (Å²) < 4.78 is 1.98. The molecule has 2 heterocycles. The summed E-state index contributed by atoms with van der Waals surface area (Å²) in [6.07, 6.45) is 0. The second-order valence-corrected chi connectivity index (χ2v) is 7.85. The van der Waals surface area contributed by atoms with Crippen molar-refractivity contribution >= 4 is 34.9 Å². The monoisotopic (exact) mass is 401 g/mol. The molecule has 0 spiro atoms. The Morgan fingerprint density at radius 3 is 2.59 bits per heavy atom. The van der Waals surface area contributed by atoms with Crippen molar-refractivity contribution in [2.24, 2.45) is 0 Å². The molecular formula is C18H19N5O2S2. The molecule has 3 rings (SSSR count). The standard InChI is InChI=1S/C18H19N5O2S2/c1-3-23-15(14-10-7-11-26-14)19-22-18(23)27-12(2)16(24)20-21-17(25)13-8-5-4-6-9-13/h4-12H,3H2,1-2H3,(H,20,24)(H,21,25)/t12-/m1/s1. The summed E-state index contributed by atoms with van der Waals surface area (Å²) >= 11 is 2.89. The SMILES string of the molecule is CCn1c(S[C@H](C)C(=O)NNC(=O)c2ccccc2)nnc1-c1cccs1. The molecule has 1 atom stereocenters. The van der Waals surface area contributed by atoms with Crippen molar-refractivity contribution < 1.29 is 9.59 Å². The van der Waals surface area contributed by atoms with Crippen molar-refractivity contribution in [1.29, 1.82) is 0 Å². The molecule has 2 N–H and O–H groups in total. The zero-order valence-electron chi connectivity index (χ0n) is 14.9. The Labute approximate surface area is 165 Å². The fourth-order valence-corrected chi connectivity index (χ4v) is 3.97. The maximum atomic E-state index is 12.3. The van der Waals surface area contributed by atoms with Crippen molar-refractivity contribution in [2.75, 3.05) is 0 Å². The fraction of sp³-hybridized carbons (Fsp3) is 0.222. The van der Waals surface area contributed by atoms with Crippen LogP contribution in [0.2, 0.25) is 0 Å². The van der Waals surface area contributed by atoms with Crippen LogP contribution in [-0.4, -0.2) is 31.8 Å². The molecule has 2 amide bonds. The van der Waals surface area contributed by atoms with Crippen LogP contribution in [0.1, 0.15) is 24.2 Å². The predicted octanol–water partition coefficient (Wildman–Crippen LogP) is 2.97. The molecule has 0 aliphatic rings. The molecule has 3 aromatic rings. The van der Waals surface area contributed by atoms with E-state index in [-0.39, 0.29) is 11.8 Å². The molecule has 0 radical (unpaired) electrons. The van der Waals surface area contributed by atoms with Gasteiger partial charge in [-0.3, -0.25) is 20.4 Å². The maximum absolute atomic E-state index is 12.3. The number of carbonyl (C=O) groups is 2. The molecule has 0 unspecified atom stereocenters. The minimum atomic E-state index is -0.452. The number of thioether (sulfide) groups is 1. The number of benzene rings is 1. The molecule has 27 heavy (non-hydrogen) atoms. The highest BCUT2D eigenvalue weighted by Gasteiger charge is 2.21. The number of carbonyl (C=O) groups excluding carboxylic acids is 2. The molecule has 140 valence electrons. The topological polar surface area (TPSA) is 88.9 Å². The molecule has 0 aliphatic carbocycles. The summed E-state index contributed by atoms with van der Waals surface area (Å²) in [5.41, 5.74) is 5.36. The van der Waals surface area contributed by atoms with E-state index >= 15 is 0 Å². The third-order valence-corrected chi connectivity index (χ3v) is 5.71. The smallest absolute Gasteiger partial charge is 0.269 e. The zero-order valence-corrected chi connectivity index (χ0v) is 16.5. The zero-order chi connectivity index (χ0) is 19.2. The number of nitrogens with one attached hydrogen (secondary N) is 2. The van der Waals surface area contributed by atoms with Crippen LogP contribution in [0, 0.1) is 0 Å². The van der Waals surface area contributed by atoms with Gasteiger partial charge in [-0.15, -0.1) is 21.5 Å². The average Bonchev–Trinajstić information content (AvgIpc) is 3.35. The van der Waals surface area contributed by atoms with Crippen LogP contribution in [0.15, 0.2) is 53.0 Å². The van der Waals surface area contributed by atoms with Crippen molar-refractivity contribution in [3.63, 3.8) is 0 Å². The van der Waals surface area contributed by atoms with Crippen LogP contribution in [0.25, 0.3) is 10.7 Å². The molecule has 2 aromatic heterocycles. The molecule has 7 nitrogen and oxygen atoms in total. The Bertz CT molecular complexity index is 909. The van der Waals surface area contributed by atoms with Crippen LogP contribution in [-0.2, 0) is 11.3 Å². The van der Waals surface area contributed by atoms with Crippen molar-refractivity contribution in [3.8, 4) is 10.7 Å². The van der Waals surface area contributed by atoms with Gasteiger partial charge >= 0.3 is 0 Å². The van der Waals surface area contributed by atoms with E-state index in [4.69, 9.17) is 0 Å². The predicted molar refractivity (Wildman–Crippen MR) is 106 cm³/mol. The quantitative estimate of drug-likeness (QED) is 0.490. The van der Waals surface area contributed by atoms with Gasteiger partial charge in [-0.2, -0.15) is 0 Å². The molecule has 0 aliphatic heterocycles. The van der Waals surface area contributed by atoms with Gasteiger partial charge < -0.3 is 4.57 Å². The lowest BCUT2D eigenvalue weighted by atomic mass is 10.2. The average molecular weight is 402 g/mol. The summed E-state index contributed by atoms with van der Waals surface area (Å²) in [5, 5.41) is 10.7. The first-order valence-corrected chi connectivity index (χ1v) is 10.1. The van der Waals surface area contributed by atoms with E-state index in [9.17, 15) is 9.59 Å². The number of hydrogen-bond donors (Lipinski definition) is 2. The lowest BCUT2D eigenvalue weighted by Gasteiger charge is -2.13. The maximum Gasteiger partial charge on any atom is 0.269 e. The minimum absolute atomic E-state index is 0.312. The van der Waals surface area contributed by atoms with E-state index in [1.54, 1.807) is 42.5 Å². The third-order valence-electron chi connectivity index (χ3n) is 3.76. The van der Waals surface area contributed by atoms with Crippen molar-refractivity contribution in [1.82, 2.24) is 25.6 Å². The lowest BCUT2D eigenvalue weighted by Crippen LogP contribution is -2.44. The van der Waals surface area contributed by atoms with Gasteiger partial charge in [-0.25, -0.2) is 0 Å². The van der Waals surface area contributed by atoms with Crippen LogP contribution < -0.4 is 10.9 Å². The van der Waals surface area contributed by atoms with E-state index in [1.165, 1.54) is 11.8 Å². The van der Waals surface area contributed by atoms with Gasteiger partial charge in [0.05, 0.1) is 10.1 Å². The van der Waals surface area contributed by atoms with Gasteiger partial charge in [0.2, 0.25) is 0 Å². The van der Waals surface area contributed by atoms with Gasteiger partial charge in [0, 0.05) is 12.1 Å². The number of aromatic nitrogens is 3. The number of rotatable bonds is 6. The highest BCUT2D eigenvalue weighted by atomic mass is 32.2. The van der Waals surface area contributed by atoms with Crippen LogP contribution in [0.5, 0.6) is 0 Å². The first kappa shape index (κ1) is 19.1. The second kappa shape index (κ2) is 8.83. The van der Waals surface area contributed by atoms with Crippen LogP contribution >= 0.6 is 23.1 Å². The van der Waals surface area contributed by atoms with E-state index in [2.05, 4.69) is 21.0 Å². The summed E-state index contributed by atoms with van der Waals surface area (Å²) in [4.78, 5) is 25.4. The van der Waals surface area contributed by atoms with Gasteiger partial charge in [0.25, 0.3) is 11.8 Å². The van der Waals surface area contributed by atoms with E-state index in [1.807, 2.05) is 35.1 Å². The van der Waals surface area contributed by atoms with Gasteiger partial charge in [0.1, 0.15) is 0 Å². The Morgan fingerprint density at radius 1 is 1.15 bits per heavy atom. The Morgan fingerprint density at radius 2 is 1.93 bits per heavy atom. The number of hydrazine groups is 1. The number of amides is 2. The number of hydrogen-bond acceptors (Lipinski definition) is 6. The molecular weight excluding hydrogens is 382 g/mol. The molecule has 0 saturated carbocycles. The Hall–Kier alpha value is -2.65. The largest absolute Gasteiger partial charge is 0.302 e. The summed E-state index contributed by atoms with van der Waals surface area (Å²) in [6.45, 7) is 4.46. The first-order chi connectivity index (χ1) is 13.1. The van der Waals surface area contributed by atoms with Gasteiger partial charge in [0.15, 0.2) is 11.0 Å². The normalized spacial score (nSPS) is 11.8.